The minimum atomic E-state index is -4.69. The molecular weight excluding hydrogens is 621 g/mol. The van der Waals surface area contributed by atoms with E-state index in [0.29, 0.717) is 11.3 Å². The molecule has 0 aromatic carbocycles. The van der Waals surface area contributed by atoms with Crippen molar-refractivity contribution in [3.63, 3.8) is 0 Å². The molecule has 5 heterocycles. The van der Waals surface area contributed by atoms with Gasteiger partial charge in [0.2, 0.25) is 23.6 Å². The summed E-state index contributed by atoms with van der Waals surface area (Å²) in [6, 6.07) is -1.35. The molecule has 0 spiro atoms. The monoisotopic (exact) mass is 649 g/mol. The number of aromatic nitrogens is 7. The minimum Gasteiger partial charge on any atom is -0.424 e. The first-order valence-electron chi connectivity index (χ1n) is 14.8. The Bertz CT molecular complexity index is 1790. The molecule has 0 bridgehead atoms. The summed E-state index contributed by atoms with van der Waals surface area (Å²) >= 11 is 0. The third-order valence-electron chi connectivity index (χ3n) is 9.07. The zero-order chi connectivity index (χ0) is 32.4. The largest absolute Gasteiger partial charge is 0.424 e. The van der Waals surface area contributed by atoms with Gasteiger partial charge in [0, 0.05) is 18.8 Å². The average Bonchev–Trinajstić information content (AvgIpc) is 3.31. The second kappa shape index (κ2) is 10.8. The quantitative estimate of drug-likeness (QED) is 0.267. The van der Waals surface area contributed by atoms with Crippen LogP contribution in [-0.2, 0) is 16.6 Å². The Kier molecular flexibility index (Phi) is 7.08. The van der Waals surface area contributed by atoms with Crippen LogP contribution in [0, 0.1) is 12.8 Å². The van der Waals surface area contributed by atoms with Gasteiger partial charge >= 0.3 is 6.18 Å². The van der Waals surface area contributed by atoms with Crippen molar-refractivity contribution in [3.05, 3.63) is 52.9 Å². The zero-order valence-corrected chi connectivity index (χ0v) is 24.4. The molecule has 3 fully saturated rings. The number of fused-ring (bicyclic) bond motifs is 1. The summed E-state index contributed by atoms with van der Waals surface area (Å²) in [4.78, 5) is 31.0. The predicted octanol–water partition coefficient (Wildman–Crippen LogP) is 3.91. The Morgan fingerprint density at radius 1 is 1.17 bits per heavy atom. The van der Waals surface area contributed by atoms with Crippen LogP contribution in [0.4, 0.5) is 22.0 Å². The van der Waals surface area contributed by atoms with Crippen molar-refractivity contribution in [2.45, 2.75) is 93.8 Å². The van der Waals surface area contributed by atoms with E-state index < -0.39 is 53.8 Å². The molecule has 4 aromatic heterocycles. The molecule has 2 N–H and O–H groups in total. The molecule has 0 unspecified atom stereocenters. The van der Waals surface area contributed by atoms with Crippen LogP contribution in [0.2, 0.25) is 0 Å². The van der Waals surface area contributed by atoms with E-state index in [1.54, 1.807) is 12.3 Å². The van der Waals surface area contributed by atoms with Crippen molar-refractivity contribution in [3.8, 4) is 0 Å². The number of hydrogen-bond donors (Lipinski definition) is 2. The Balaban J connectivity index is 1.21. The van der Waals surface area contributed by atoms with Gasteiger partial charge in [-0.1, -0.05) is 5.16 Å². The molecule has 4 aromatic rings. The van der Waals surface area contributed by atoms with E-state index in [1.807, 2.05) is 5.32 Å². The SMILES string of the molecule is Cc1nonc1C(=O)N[C@H](c1cn2ncc(C[C@@]3(c4nnc(C5CC5)o4)C[C@@H](C(F)(F)F)NC3=O)cc2n1)C1CCC(F)(F)CC1. The fourth-order valence-corrected chi connectivity index (χ4v) is 6.33. The van der Waals surface area contributed by atoms with E-state index in [-0.39, 0.29) is 66.8 Å². The number of alkyl halides is 5. The number of nitrogens with one attached hydrogen (secondary N) is 2. The summed E-state index contributed by atoms with van der Waals surface area (Å²) in [5.74, 6) is -4.60. The summed E-state index contributed by atoms with van der Waals surface area (Å²) in [6.07, 6.45) is -1.49. The topological polar surface area (TPSA) is 166 Å². The van der Waals surface area contributed by atoms with Crippen LogP contribution in [0.3, 0.4) is 0 Å². The highest BCUT2D eigenvalue weighted by Crippen LogP contribution is 2.45. The lowest BCUT2D eigenvalue weighted by molar-refractivity contribution is -0.155. The van der Waals surface area contributed by atoms with Gasteiger partial charge in [0.1, 0.15) is 17.2 Å². The van der Waals surface area contributed by atoms with E-state index >= 15 is 0 Å². The van der Waals surface area contributed by atoms with Gasteiger partial charge in [-0.3, -0.25) is 9.59 Å². The van der Waals surface area contributed by atoms with E-state index in [4.69, 9.17) is 4.42 Å². The summed E-state index contributed by atoms with van der Waals surface area (Å²) < 4.78 is 81.2. The van der Waals surface area contributed by atoms with Gasteiger partial charge in [0.05, 0.1) is 24.1 Å². The summed E-state index contributed by atoms with van der Waals surface area (Å²) in [5, 5.41) is 24.5. The maximum absolute atomic E-state index is 14.0. The van der Waals surface area contributed by atoms with E-state index in [9.17, 15) is 31.5 Å². The van der Waals surface area contributed by atoms with E-state index in [1.165, 1.54) is 17.6 Å². The zero-order valence-electron chi connectivity index (χ0n) is 24.4. The fourth-order valence-electron chi connectivity index (χ4n) is 6.33. The Morgan fingerprint density at radius 2 is 1.93 bits per heavy atom. The molecule has 3 atom stereocenters. The van der Waals surface area contributed by atoms with Crippen molar-refractivity contribution in [1.82, 2.24) is 45.7 Å². The molecule has 18 heteroatoms. The number of carbonyl (C=O) groups is 2. The van der Waals surface area contributed by atoms with Crippen LogP contribution < -0.4 is 10.6 Å². The van der Waals surface area contributed by atoms with Crippen LogP contribution in [0.1, 0.15) is 96.1 Å². The van der Waals surface area contributed by atoms with Gasteiger partial charge in [0.25, 0.3) is 5.91 Å². The van der Waals surface area contributed by atoms with Crippen LogP contribution in [0.15, 0.2) is 27.5 Å². The average molecular weight is 650 g/mol. The molecule has 3 aliphatic rings. The molecule has 244 valence electrons. The van der Waals surface area contributed by atoms with E-state index in [2.05, 4.69) is 40.5 Å². The van der Waals surface area contributed by atoms with Gasteiger partial charge in [-0.2, -0.15) is 18.3 Å². The highest BCUT2D eigenvalue weighted by molar-refractivity contribution is 5.93. The van der Waals surface area contributed by atoms with Gasteiger partial charge < -0.3 is 15.1 Å². The fraction of sp³-hybridized carbons (Fsp3) is 0.571. The van der Waals surface area contributed by atoms with Gasteiger partial charge in [-0.15, -0.1) is 10.2 Å². The smallest absolute Gasteiger partial charge is 0.408 e. The molecule has 46 heavy (non-hydrogen) atoms. The summed E-state index contributed by atoms with van der Waals surface area (Å²) in [5.41, 5.74) is -0.648. The number of hydrogen-bond acceptors (Lipinski definition) is 10. The second-order valence-corrected chi connectivity index (χ2v) is 12.4. The molecule has 2 amide bonds. The highest BCUT2D eigenvalue weighted by Gasteiger charge is 2.59. The number of carbonyl (C=O) groups excluding carboxylic acids is 2. The summed E-state index contributed by atoms with van der Waals surface area (Å²) in [7, 11) is 0. The maximum Gasteiger partial charge on any atom is 0.408 e. The molecular formula is C28H28F5N9O4. The third kappa shape index (κ3) is 5.57. The number of nitrogens with zero attached hydrogens (tertiary/aromatic N) is 7. The Morgan fingerprint density at radius 3 is 2.59 bits per heavy atom. The molecule has 7 rings (SSSR count). The van der Waals surface area contributed by atoms with Gasteiger partial charge in [-0.05, 0) is 68.2 Å². The normalized spacial score (nSPS) is 24.3. The Labute approximate surface area is 256 Å². The number of amides is 2. The van der Waals surface area contributed by atoms with Gasteiger partial charge in [-0.25, -0.2) is 22.9 Å². The van der Waals surface area contributed by atoms with Crippen LogP contribution in [-0.4, -0.2) is 65.1 Å². The lowest BCUT2D eigenvalue weighted by Gasteiger charge is -2.33. The number of halogens is 5. The second-order valence-electron chi connectivity index (χ2n) is 12.4. The van der Waals surface area contributed by atoms with E-state index in [0.717, 1.165) is 12.8 Å². The first-order chi connectivity index (χ1) is 21.8. The standard InChI is InChI=1S/C28H28F5N9O4/c1-13-20(41-46-40-13)22(43)37-21(15-4-6-27(29,30)7-5-15)17-12-42-19(35-17)8-14(11-34-42)9-26(10-18(28(31,32)33)36-24(26)44)25-39-38-23(45-25)16-2-3-16/h8,11-12,15-16,18,21H,2-7,9-10H2,1H3,(H,36,44)(H,37,43)/t18-,21-,26+/m0/s1. The molecule has 13 nitrogen and oxygen atoms in total. The molecule has 1 saturated heterocycles. The van der Waals surface area contributed by atoms with Crippen molar-refractivity contribution in [2.24, 2.45) is 5.92 Å². The van der Waals surface area contributed by atoms with Crippen LogP contribution in [0.25, 0.3) is 5.65 Å². The van der Waals surface area contributed by atoms with Crippen molar-refractivity contribution in [1.29, 1.82) is 0 Å². The first-order valence-corrected chi connectivity index (χ1v) is 14.8. The summed E-state index contributed by atoms with van der Waals surface area (Å²) in [6.45, 7) is 1.54. The number of rotatable bonds is 8. The van der Waals surface area contributed by atoms with Crippen molar-refractivity contribution < 1.29 is 40.6 Å². The minimum absolute atomic E-state index is 0.0239. The molecule has 1 aliphatic heterocycles. The lowest BCUT2D eigenvalue weighted by Crippen LogP contribution is -2.40. The van der Waals surface area contributed by atoms with Crippen LogP contribution in [0.5, 0.6) is 0 Å². The van der Waals surface area contributed by atoms with Crippen LogP contribution >= 0.6 is 0 Å². The maximum atomic E-state index is 14.0. The highest BCUT2D eigenvalue weighted by atomic mass is 19.4. The third-order valence-corrected chi connectivity index (χ3v) is 9.07. The van der Waals surface area contributed by atoms with Crippen molar-refractivity contribution >= 4 is 17.5 Å². The molecule has 2 aliphatic carbocycles. The number of imidazole rings is 1. The first kappa shape index (κ1) is 30.2. The number of aryl methyl sites for hydroxylation is 1. The molecule has 2 saturated carbocycles. The Hall–Kier alpha value is -4.51. The predicted molar refractivity (Wildman–Crippen MR) is 143 cm³/mol. The molecule has 0 radical (unpaired) electrons. The van der Waals surface area contributed by atoms with Crippen molar-refractivity contribution in [2.75, 3.05) is 0 Å². The van der Waals surface area contributed by atoms with Gasteiger partial charge in [0.15, 0.2) is 11.3 Å². The lowest BCUT2D eigenvalue weighted by atomic mass is 9.79.